The second kappa shape index (κ2) is 9.54. The van der Waals surface area contributed by atoms with Crippen molar-refractivity contribution in [2.24, 2.45) is 0 Å². The maximum absolute atomic E-state index is 12.4. The zero-order chi connectivity index (χ0) is 20.6. The highest BCUT2D eigenvalue weighted by molar-refractivity contribution is 6.02. The van der Waals surface area contributed by atoms with Crippen LogP contribution >= 0.6 is 0 Å². The molecule has 0 saturated carbocycles. The molecule has 2 aromatic carbocycles. The van der Waals surface area contributed by atoms with Crippen molar-refractivity contribution >= 4 is 28.8 Å². The third kappa shape index (κ3) is 5.22. The molecule has 0 saturated heterocycles. The molecule has 0 atom stereocenters. The fourth-order valence-corrected chi connectivity index (χ4v) is 2.90. The molecule has 7 heteroatoms. The molecule has 0 fully saturated rings. The molecule has 1 aromatic heterocycles. The molecule has 3 aromatic rings. The average molecular weight is 391 g/mol. The van der Waals surface area contributed by atoms with E-state index < -0.39 is 0 Å². The van der Waals surface area contributed by atoms with Gasteiger partial charge in [-0.15, -0.1) is 0 Å². The van der Waals surface area contributed by atoms with Gasteiger partial charge < -0.3 is 20.3 Å². The minimum Gasteiger partial charge on any atom is -0.497 e. The number of carbonyl (C=O) groups is 1. The highest BCUT2D eigenvalue weighted by Gasteiger charge is 2.09. The van der Waals surface area contributed by atoms with Gasteiger partial charge in [0.1, 0.15) is 17.3 Å². The molecule has 1 heterocycles. The molecule has 0 aliphatic carbocycles. The van der Waals surface area contributed by atoms with Crippen LogP contribution in [0.4, 0.5) is 22.9 Å². The largest absolute Gasteiger partial charge is 0.497 e. The average Bonchev–Trinajstić information content (AvgIpc) is 2.76. The van der Waals surface area contributed by atoms with E-state index in [0.717, 1.165) is 18.8 Å². The zero-order valence-corrected chi connectivity index (χ0v) is 16.8. The van der Waals surface area contributed by atoms with E-state index >= 15 is 0 Å². The molecule has 0 aliphatic heterocycles. The Labute approximate surface area is 170 Å². The Morgan fingerprint density at radius 2 is 1.76 bits per heavy atom. The highest BCUT2D eigenvalue weighted by Crippen LogP contribution is 2.20. The van der Waals surface area contributed by atoms with E-state index in [9.17, 15) is 4.79 Å². The first kappa shape index (κ1) is 20.1. The zero-order valence-electron chi connectivity index (χ0n) is 16.8. The van der Waals surface area contributed by atoms with Crippen molar-refractivity contribution in [2.45, 2.75) is 13.8 Å². The van der Waals surface area contributed by atoms with Gasteiger partial charge in [-0.2, -0.15) is 0 Å². The standard InChI is InChI=1S/C22H25N5O2/c1-4-27(5-2)18-11-9-16(10-12-18)25-21-15-23-20(14-24-21)22(28)26-17-7-6-8-19(13-17)29-3/h6-15H,4-5H2,1-3H3,(H,24,25)(H,26,28). The summed E-state index contributed by atoms with van der Waals surface area (Å²) in [5.41, 5.74) is 2.95. The van der Waals surface area contributed by atoms with E-state index in [-0.39, 0.29) is 11.6 Å². The van der Waals surface area contributed by atoms with Crippen LogP contribution in [-0.4, -0.2) is 36.1 Å². The van der Waals surface area contributed by atoms with Crippen molar-refractivity contribution in [1.82, 2.24) is 9.97 Å². The van der Waals surface area contributed by atoms with Crippen molar-refractivity contribution in [2.75, 3.05) is 35.7 Å². The molecule has 2 N–H and O–H groups in total. The number of nitrogens with one attached hydrogen (secondary N) is 2. The number of nitrogens with zero attached hydrogens (tertiary/aromatic N) is 3. The van der Waals surface area contributed by atoms with E-state index in [1.807, 2.05) is 18.2 Å². The van der Waals surface area contributed by atoms with Crippen LogP contribution < -0.4 is 20.3 Å². The summed E-state index contributed by atoms with van der Waals surface area (Å²) < 4.78 is 5.16. The summed E-state index contributed by atoms with van der Waals surface area (Å²) in [7, 11) is 1.58. The second-order valence-corrected chi connectivity index (χ2v) is 6.32. The predicted molar refractivity (Wildman–Crippen MR) is 116 cm³/mol. The number of hydrogen-bond acceptors (Lipinski definition) is 6. The fraction of sp³-hybridized carbons (Fsp3) is 0.227. The van der Waals surface area contributed by atoms with Crippen LogP contribution in [0, 0.1) is 0 Å². The Balaban J connectivity index is 1.63. The number of aromatic nitrogens is 2. The molecular weight excluding hydrogens is 366 g/mol. The maximum atomic E-state index is 12.4. The van der Waals surface area contributed by atoms with Gasteiger partial charge in [-0.3, -0.25) is 4.79 Å². The number of ether oxygens (including phenoxy) is 1. The number of amides is 1. The van der Waals surface area contributed by atoms with E-state index in [1.165, 1.54) is 11.9 Å². The van der Waals surface area contributed by atoms with Gasteiger partial charge in [0.15, 0.2) is 0 Å². The van der Waals surface area contributed by atoms with E-state index in [2.05, 4.69) is 51.5 Å². The molecule has 0 aliphatic rings. The summed E-state index contributed by atoms with van der Waals surface area (Å²) in [5, 5.41) is 5.98. The Kier molecular flexibility index (Phi) is 6.63. The quantitative estimate of drug-likeness (QED) is 0.595. The Morgan fingerprint density at radius 3 is 2.38 bits per heavy atom. The molecular formula is C22H25N5O2. The van der Waals surface area contributed by atoms with Crippen molar-refractivity contribution in [3.05, 3.63) is 66.6 Å². The van der Waals surface area contributed by atoms with Gasteiger partial charge in [-0.25, -0.2) is 9.97 Å². The summed E-state index contributed by atoms with van der Waals surface area (Å²) in [6, 6.07) is 15.3. The van der Waals surface area contributed by atoms with Crippen molar-refractivity contribution in [3.8, 4) is 5.75 Å². The normalized spacial score (nSPS) is 10.3. The predicted octanol–water partition coefficient (Wildman–Crippen LogP) is 4.33. The van der Waals surface area contributed by atoms with Gasteiger partial charge in [-0.05, 0) is 50.2 Å². The van der Waals surface area contributed by atoms with Crippen LogP contribution in [0.3, 0.4) is 0 Å². The van der Waals surface area contributed by atoms with Crippen LogP contribution in [0.1, 0.15) is 24.3 Å². The minimum absolute atomic E-state index is 0.232. The third-order valence-electron chi connectivity index (χ3n) is 4.48. The molecule has 0 spiro atoms. The number of hydrogen-bond donors (Lipinski definition) is 2. The van der Waals surface area contributed by atoms with E-state index in [4.69, 9.17) is 4.74 Å². The first-order valence-electron chi connectivity index (χ1n) is 9.52. The summed E-state index contributed by atoms with van der Waals surface area (Å²) in [4.78, 5) is 23.1. The monoisotopic (exact) mass is 391 g/mol. The third-order valence-corrected chi connectivity index (χ3v) is 4.48. The molecule has 3 rings (SSSR count). The second-order valence-electron chi connectivity index (χ2n) is 6.32. The summed E-state index contributed by atoms with van der Waals surface area (Å²) >= 11 is 0. The van der Waals surface area contributed by atoms with Crippen LogP contribution in [0.25, 0.3) is 0 Å². The molecule has 1 amide bonds. The van der Waals surface area contributed by atoms with Crippen LogP contribution in [0.2, 0.25) is 0 Å². The minimum atomic E-state index is -0.333. The number of methoxy groups -OCH3 is 1. The molecule has 150 valence electrons. The number of benzene rings is 2. The number of rotatable bonds is 8. The number of anilines is 4. The molecule has 29 heavy (non-hydrogen) atoms. The number of carbonyl (C=O) groups excluding carboxylic acids is 1. The lowest BCUT2D eigenvalue weighted by Crippen LogP contribution is -2.21. The van der Waals surface area contributed by atoms with Crippen molar-refractivity contribution < 1.29 is 9.53 Å². The van der Waals surface area contributed by atoms with Crippen LogP contribution in [0.15, 0.2) is 60.9 Å². The highest BCUT2D eigenvalue weighted by atomic mass is 16.5. The SMILES string of the molecule is CCN(CC)c1ccc(Nc2cnc(C(=O)Nc3cccc(OC)c3)cn2)cc1. The van der Waals surface area contributed by atoms with Gasteiger partial charge >= 0.3 is 0 Å². The Hall–Kier alpha value is -3.61. The topological polar surface area (TPSA) is 79.4 Å². The summed E-state index contributed by atoms with van der Waals surface area (Å²) in [5.74, 6) is 0.903. The fourth-order valence-electron chi connectivity index (χ4n) is 2.90. The first-order valence-corrected chi connectivity index (χ1v) is 9.52. The maximum Gasteiger partial charge on any atom is 0.275 e. The lowest BCUT2D eigenvalue weighted by Gasteiger charge is -2.21. The van der Waals surface area contributed by atoms with Gasteiger partial charge in [0.25, 0.3) is 5.91 Å². The van der Waals surface area contributed by atoms with Gasteiger partial charge in [-0.1, -0.05) is 6.07 Å². The smallest absolute Gasteiger partial charge is 0.275 e. The Morgan fingerprint density at radius 1 is 1.00 bits per heavy atom. The van der Waals surface area contributed by atoms with Crippen molar-refractivity contribution in [3.63, 3.8) is 0 Å². The molecule has 0 unspecified atom stereocenters. The molecule has 0 bridgehead atoms. The van der Waals surface area contributed by atoms with E-state index in [0.29, 0.717) is 17.3 Å². The van der Waals surface area contributed by atoms with Gasteiger partial charge in [0.05, 0.1) is 19.5 Å². The Bertz CT molecular complexity index is 938. The summed E-state index contributed by atoms with van der Waals surface area (Å²) in [6.45, 7) is 6.20. The summed E-state index contributed by atoms with van der Waals surface area (Å²) in [6.07, 6.45) is 2.99. The molecule has 7 nitrogen and oxygen atoms in total. The lowest BCUT2D eigenvalue weighted by molar-refractivity contribution is 0.102. The van der Waals surface area contributed by atoms with Crippen LogP contribution in [-0.2, 0) is 0 Å². The van der Waals surface area contributed by atoms with Crippen molar-refractivity contribution in [1.29, 1.82) is 0 Å². The lowest BCUT2D eigenvalue weighted by atomic mass is 10.2. The van der Waals surface area contributed by atoms with E-state index in [1.54, 1.807) is 31.5 Å². The molecule has 0 radical (unpaired) electrons. The van der Waals surface area contributed by atoms with Gasteiger partial charge in [0.2, 0.25) is 0 Å². The van der Waals surface area contributed by atoms with Gasteiger partial charge in [0, 0.05) is 36.2 Å². The first-order chi connectivity index (χ1) is 14.1. The van der Waals surface area contributed by atoms with Crippen LogP contribution in [0.5, 0.6) is 5.75 Å².